The standard InChI is InChI=1S/C65H41N5/c1-10-30-54-43(20-1)44-21-2-11-31-55(44)67(54)42-40-53(66-64(41-42)70-61-37-17-7-26-49(61)50-27-8-18-38-62(50)70)65-52(29-19-39-63(65)69-58-34-14-5-24-47(58)48-25-6-15-35-59(48)69)51-28-9-16-36-60(51)68-56-32-12-3-22-45(56)46-23-4-13-33-57(46)68/h1-41H/i7D,17D,26D,37D. The Hall–Kier alpha value is -9.45. The SMILES string of the molecule is [2H]c1c([2H])c([2H])c2c(c1[2H])c1ccccc1n2-c1cc(-n2c3ccccc3c3ccccc32)cc(-c2c(-c3ccccc3-n3c4ccccc4c4ccccc43)cccc2-n2c3ccccc3c3ccccc32)n1. The predicted molar refractivity (Wildman–Crippen MR) is 292 cm³/mol. The Bertz CT molecular complexity index is 4700. The maximum atomic E-state index is 9.56. The number of aromatic nitrogens is 5. The fourth-order valence-corrected chi connectivity index (χ4v) is 11.5. The van der Waals surface area contributed by atoms with Crippen molar-refractivity contribution in [3.63, 3.8) is 0 Å². The van der Waals surface area contributed by atoms with Gasteiger partial charge >= 0.3 is 0 Å². The summed E-state index contributed by atoms with van der Waals surface area (Å²) >= 11 is 0. The molecule has 10 aromatic carbocycles. The van der Waals surface area contributed by atoms with Crippen LogP contribution in [0.3, 0.4) is 0 Å². The van der Waals surface area contributed by atoms with Crippen molar-refractivity contribution in [2.75, 3.05) is 0 Å². The van der Waals surface area contributed by atoms with Gasteiger partial charge in [-0.15, -0.1) is 0 Å². The van der Waals surface area contributed by atoms with Gasteiger partial charge in [0, 0.05) is 60.3 Å². The maximum Gasteiger partial charge on any atom is 0.140 e. The van der Waals surface area contributed by atoms with Gasteiger partial charge in [-0.1, -0.05) is 176 Å². The zero-order valence-electron chi connectivity index (χ0n) is 41.6. The third kappa shape index (κ3) is 5.51. The fourth-order valence-electron chi connectivity index (χ4n) is 11.5. The van der Waals surface area contributed by atoms with Gasteiger partial charge in [0.25, 0.3) is 0 Å². The summed E-state index contributed by atoms with van der Waals surface area (Å²) in [5.74, 6) is 0.509. The molecule has 5 heterocycles. The molecule has 0 aliphatic heterocycles. The highest BCUT2D eigenvalue weighted by molar-refractivity contribution is 6.13. The second kappa shape index (κ2) is 15.0. The average Bonchev–Trinajstić information content (AvgIpc) is 4.20. The largest absolute Gasteiger partial charge is 0.309 e. The van der Waals surface area contributed by atoms with Crippen molar-refractivity contribution in [3.8, 4) is 45.3 Å². The summed E-state index contributed by atoms with van der Waals surface area (Å²) in [6.07, 6.45) is 0. The van der Waals surface area contributed by atoms with Crippen LogP contribution < -0.4 is 0 Å². The quantitative estimate of drug-likeness (QED) is 0.164. The van der Waals surface area contributed by atoms with Gasteiger partial charge in [0.1, 0.15) is 5.82 Å². The first-order valence-electron chi connectivity index (χ1n) is 25.6. The summed E-state index contributed by atoms with van der Waals surface area (Å²) in [5.41, 5.74) is 13.8. The first-order chi connectivity index (χ1) is 36.4. The smallest absolute Gasteiger partial charge is 0.140 e. The molecule has 0 amide bonds. The predicted octanol–water partition coefficient (Wildman–Crippen LogP) is 16.8. The van der Waals surface area contributed by atoms with E-state index < -0.39 is 0 Å². The molecule has 0 aliphatic rings. The maximum absolute atomic E-state index is 9.56. The highest BCUT2D eigenvalue weighted by Crippen LogP contribution is 2.45. The van der Waals surface area contributed by atoms with Crippen molar-refractivity contribution in [2.24, 2.45) is 0 Å². The third-order valence-electron chi connectivity index (χ3n) is 14.3. The van der Waals surface area contributed by atoms with Gasteiger partial charge < -0.3 is 13.7 Å². The molecule has 0 radical (unpaired) electrons. The van der Waals surface area contributed by atoms with Crippen LogP contribution in [0.1, 0.15) is 5.48 Å². The highest BCUT2D eigenvalue weighted by atomic mass is 15.1. The van der Waals surface area contributed by atoms with E-state index in [0.717, 1.165) is 93.9 Å². The number of hydrogen-bond donors (Lipinski definition) is 0. The van der Waals surface area contributed by atoms with Crippen molar-refractivity contribution in [3.05, 3.63) is 249 Å². The summed E-state index contributed by atoms with van der Waals surface area (Å²) in [6.45, 7) is 0. The average molecular weight is 896 g/mol. The molecule has 15 rings (SSSR count). The molecule has 70 heavy (non-hydrogen) atoms. The van der Waals surface area contributed by atoms with Crippen molar-refractivity contribution < 1.29 is 5.48 Å². The summed E-state index contributed by atoms with van der Waals surface area (Å²) < 4.78 is 45.7. The molecule has 0 bridgehead atoms. The molecule has 0 spiro atoms. The number of para-hydroxylation sites is 9. The van der Waals surface area contributed by atoms with Gasteiger partial charge in [0.2, 0.25) is 0 Å². The van der Waals surface area contributed by atoms with Crippen LogP contribution in [0.2, 0.25) is 0 Å². The molecule has 0 saturated carbocycles. The Kier molecular flexibility index (Phi) is 7.47. The summed E-state index contributed by atoms with van der Waals surface area (Å²) in [4.78, 5) is 5.83. The van der Waals surface area contributed by atoms with Crippen LogP contribution in [-0.2, 0) is 0 Å². The van der Waals surface area contributed by atoms with Crippen LogP contribution in [-0.4, -0.2) is 23.3 Å². The van der Waals surface area contributed by atoms with Crippen LogP contribution in [0, 0.1) is 0 Å². The normalized spacial score (nSPS) is 12.8. The molecular weight excluding hydrogens is 851 g/mol. The molecule has 5 heteroatoms. The second-order valence-electron chi connectivity index (χ2n) is 18.0. The second-order valence-corrected chi connectivity index (χ2v) is 18.0. The van der Waals surface area contributed by atoms with E-state index in [2.05, 4.69) is 214 Å². The number of nitrogens with zero attached hydrogens (tertiary/aromatic N) is 5. The number of rotatable bonds is 6. The Balaban J connectivity index is 1.13. The first-order valence-corrected chi connectivity index (χ1v) is 23.6. The van der Waals surface area contributed by atoms with E-state index in [9.17, 15) is 2.74 Å². The van der Waals surface area contributed by atoms with E-state index in [0.29, 0.717) is 27.8 Å². The lowest BCUT2D eigenvalue weighted by atomic mass is 9.93. The molecule has 0 saturated heterocycles. The molecule has 0 fully saturated rings. The third-order valence-corrected chi connectivity index (χ3v) is 14.3. The number of hydrogen-bond acceptors (Lipinski definition) is 1. The zero-order valence-corrected chi connectivity index (χ0v) is 37.6. The Morgan fingerprint density at radius 1 is 0.300 bits per heavy atom. The molecule has 5 nitrogen and oxygen atoms in total. The van der Waals surface area contributed by atoms with Gasteiger partial charge in [0.15, 0.2) is 0 Å². The minimum atomic E-state index is -0.300. The number of pyridine rings is 1. The van der Waals surface area contributed by atoms with Crippen LogP contribution >= 0.6 is 0 Å². The van der Waals surface area contributed by atoms with Crippen molar-refractivity contribution >= 4 is 87.2 Å². The molecule has 0 atom stereocenters. The Morgan fingerprint density at radius 3 is 1.21 bits per heavy atom. The van der Waals surface area contributed by atoms with E-state index in [1.54, 1.807) is 0 Å². The topological polar surface area (TPSA) is 32.6 Å². The highest BCUT2D eigenvalue weighted by Gasteiger charge is 2.25. The van der Waals surface area contributed by atoms with Crippen LogP contribution in [0.15, 0.2) is 249 Å². The van der Waals surface area contributed by atoms with Gasteiger partial charge in [-0.2, -0.15) is 0 Å². The van der Waals surface area contributed by atoms with E-state index in [4.69, 9.17) is 7.73 Å². The summed E-state index contributed by atoms with van der Waals surface area (Å²) in [6, 6.07) is 77.8. The molecule has 5 aromatic heterocycles. The number of fused-ring (bicyclic) bond motifs is 12. The van der Waals surface area contributed by atoms with Gasteiger partial charge in [0.05, 0.1) is 72.4 Å². The van der Waals surface area contributed by atoms with E-state index >= 15 is 0 Å². The lowest BCUT2D eigenvalue weighted by Gasteiger charge is -2.22. The minimum Gasteiger partial charge on any atom is -0.309 e. The monoisotopic (exact) mass is 895 g/mol. The summed E-state index contributed by atoms with van der Waals surface area (Å²) in [5, 5.41) is 8.00. The van der Waals surface area contributed by atoms with E-state index in [1.807, 2.05) is 28.8 Å². The molecule has 15 aromatic rings. The van der Waals surface area contributed by atoms with Crippen molar-refractivity contribution in [1.82, 2.24) is 23.3 Å². The molecule has 0 N–H and O–H groups in total. The van der Waals surface area contributed by atoms with E-state index in [1.165, 1.54) is 10.8 Å². The Morgan fingerprint density at radius 2 is 0.686 bits per heavy atom. The van der Waals surface area contributed by atoms with Crippen LogP contribution in [0.4, 0.5) is 0 Å². The zero-order chi connectivity index (χ0) is 49.3. The first kappa shape index (κ1) is 34.8. The van der Waals surface area contributed by atoms with Crippen molar-refractivity contribution in [2.45, 2.75) is 0 Å². The molecular formula is C65H41N5. The molecule has 0 aliphatic carbocycles. The molecule has 0 unspecified atom stereocenters. The van der Waals surface area contributed by atoms with Crippen LogP contribution in [0.25, 0.3) is 132 Å². The summed E-state index contributed by atoms with van der Waals surface area (Å²) in [7, 11) is 0. The fraction of sp³-hybridized carbons (Fsp3) is 0. The van der Waals surface area contributed by atoms with Gasteiger partial charge in [-0.3, -0.25) is 4.57 Å². The minimum absolute atomic E-state index is 0.0876. The van der Waals surface area contributed by atoms with Gasteiger partial charge in [-0.05, 0) is 72.3 Å². The van der Waals surface area contributed by atoms with E-state index in [-0.39, 0.29) is 24.2 Å². The van der Waals surface area contributed by atoms with Gasteiger partial charge in [-0.25, -0.2) is 4.98 Å². The van der Waals surface area contributed by atoms with Crippen molar-refractivity contribution in [1.29, 1.82) is 0 Å². The lowest BCUT2D eigenvalue weighted by molar-refractivity contribution is 1.06. The molecule has 326 valence electrons. The van der Waals surface area contributed by atoms with Crippen LogP contribution in [0.5, 0.6) is 0 Å². The lowest BCUT2D eigenvalue weighted by Crippen LogP contribution is -2.06. The Labute approximate surface area is 408 Å². The number of benzene rings is 10.